The molecule has 110 valence electrons. The summed E-state index contributed by atoms with van der Waals surface area (Å²) in [7, 11) is 1.92. The summed E-state index contributed by atoms with van der Waals surface area (Å²) in [5.41, 5.74) is 1.64. The van der Waals surface area contributed by atoms with Gasteiger partial charge in [-0.3, -0.25) is 4.79 Å². The molecule has 2 rings (SSSR count). The second kappa shape index (κ2) is 5.70. The molecule has 1 aliphatic heterocycles. The van der Waals surface area contributed by atoms with Crippen LogP contribution in [-0.4, -0.2) is 45.3 Å². The van der Waals surface area contributed by atoms with Gasteiger partial charge in [0.15, 0.2) is 0 Å². The highest BCUT2D eigenvalue weighted by Crippen LogP contribution is 2.31. The highest BCUT2D eigenvalue weighted by molar-refractivity contribution is 5.98. The van der Waals surface area contributed by atoms with E-state index in [0.717, 1.165) is 11.4 Å². The number of anilines is 2. The summed E-state index contributed by atoms with van der Waals surface area (Å²) < 4.78 is 36.1. The van der Waals surface area contributed by atoms with Gasteiger partial charge in [0.25, 0.3) is 0 Å². The number of likely N-dealkylation sites (N-methyl/N-ethyl adjacent to an activating group) is 1. The number of amides is 1. The van der Waals surface area contributed by atoms with Crippen molar-refractivity contribution >= 4 is 17.3 Å². The Morgan fingerprint density at radius 3 is 2.55 bits per heavy atom. The third kappa shape index (κ3) is 3.41. The van der Waals surface area contributed by atoms with Crippen molar-refractivity contribution in [1.82, 2.24) is 5.32 Å². The maximum Gasteiger partial charge on any atom is 0.401 e. The number of hydrogen-bond acceptors (Lipinski definition) is 3. The van der Waals surface area contributed by atoms with Crippen molar-refractivity contribution in [3.63, 3.8) is 0 Å². The number of carbonyl (C=O) groups excluding carboxylic acids is 1. The predicted molar refractivity (Wildman–Crippen MR) is 71.0 cm³/mol. The Bertz CT molecular complexity index is 490. The van der Waals surface area contributed by atoms with Crippen molar-refractivity contribution in [2.75, 3.05) is 43.0 Å². The number of alkyl halides is 3. The van der Waals surface area contributed by atoms with Crippen molar-refractivity contribution in [3.05, 3.63) is 24.3 Å². The second-order valence-electron chi connectivity index (χ2n) is 4.67. The molecule has 1 aromatic rings. The van der Waals surface area contributed by atoms with E-state index in [0.29, 0.717) is 13.1 Å². The third-order valence-electron chi connectivity index (χ3n) is 3.15. The van der Waals surface area contributed by atoms with E-state index in [4.69, 9.17) is 0 Å². The first-order valence-electron chi connectivity index (χ1n) is 6.26. The van der Waals surface area contributed by atoms with Gasteiger partial charge in [0.05, 0.1) is 24.5 Å². The van der Waals surface area contributed by atoms with Crippen LogP contribution < -0.4 is 15.1 Å². The van der Waals surface area contributed by atoms with Crippen LogP contribution in [0.5, 0.6) is 0 Å². The van der Waals surface area contributed by atoms with Crippen molar-refractivity contribution in [2.45, 2.75) is 6.18 Å². The molecule has 0 aliphatic carbocycles. The molecule has 7 heteroatoms. The van der Waals surface area contributed by atoms with Gasteiger partial charge in [0.1, 0.15) is 0 Å². The highest BCUT2D eigenvalue weighted by atomic mass is 19.4. The average Bonchev–Trinajstić information content (AvgIpc) is 2.38. The maximum absolute atomic E-state index is 12.0. The summed E-state index contributed by atoms with van der Waals surface area (Å²) >= 11 is 0. The van der Waals surface area contributed by atoms with Crippen molar-refractivity contribution < 1.29 is 18.0 Å². The molecule has 1 aliphatic rings. The number of nitrogens with zero attached hydrogens (tertiary/aromatic N) is 2. The summed E-state index contributed by atoms with van der Waals surface area (Å²) in [6.07, 6.45) is -4.31. The quantitative estimate of drug-likeness (QED) is 0.917. The van der Waals surface area contributed by atoms with Crippen LogP contribution in [0.15, 0.2) is 24.3 Å². The minimum absolute atomic E-state index is 0.322. The molecular weight excluding hydrogens is 271 g/mol. The molecule has 0 spiro atoms. The first-order chi connectivity index (χ1) is 9.38. The summed E-state index contributed by atoms with van der Waals surface area (Å²) in [5.74, 6) is -0.352. The number of benzene rings is 1. The summed E-state index contributed by atoms with van der Waals surface area (Å²) in [6.45, 7) is -0.353. The third-order valence-corrected chi connectivity index (χ3v) is 3.15. The fourth-order valence-electron chi connectivity index (χ4n) is 2.17. The van der Waals surface area contributed by atoms with Crippen LogP contribution in [0, 0.1) is 0 Å². The molecule has 1 aromatic carbocycles. The lowest BCUT2D eigenvalue weighted by Gasteiger charge is -2.35. The van der Waals surface area contributed by atoms with E-state index in [2.05, 4.69) is 5.32 Å². The summed E-state index contributed by atoms with van der Waals surface area (Å²) in [4.78, 5) is 15.6. The van der Waals surface area contributed by atoms with E-state index in [1.165, 1.54) is 4.90 Å². The number of fused-ring (bicyclic) bond motifs is 1. The number of para-hydroxylation sites is 2. The highest BCUT2D eigenvalue weighted by Gasteiger charge is 2.28. The molecule has 4 nitrogen and oxygen atoms in total. The van der Waals surface area contributed by atoms with Gasteiger partial charge in [-0.25, -0.2) is 0 Å². The van der Waals surface area contributed by atoms with Crippen LogP contribution in [-0.2, 0) is 4.79 Å². The zero-order valence-electron chi connectivity index (χ0n) is 11.1. The van der Waals surface area contributed by atoms with Gasteiger partial charge >= 0.3 is 6.18 Å². The van der Waals surface area contributed by atoms with E-state index in [9.17, 15) is 18.0 Å². The van der Waals surface area contributed by atoms with Crippen LogP contribution >= 0.6 is 0 Å². The molecule has 0 unspecified atom stereocenters. The van der Waals surface area contributed by atoms with E-state index < -0.39 is 12.7 Å². The zero-order valence-corrected chi connectivity index (χ0v) is 11.1. The summed E-state index contributed by atoms with van der Waals surface area (Å²) in [5, 5.41) is 2.13. The Kier molecular flexibility index (Phi) is 4.17. The molecule has 0 aromatic heterocycles. The fraction of sp³-hybridized carbons (Fsp3) is 0.462. The number of hydrogen-bond donors (Lipinski definition) is 1. The molecule has 1 N–H and O–H groups in total. The molecule has 0 bridgehead atoms. The van der Waals surface area contributed by atoms with Crippen molar-refractivity contribution in [1.29, 1.82) is 0 Å². The smallest absolute Gasteiger partial charge is 0.371 e. The second-order valence-corrected chi connectivity index (χ2v) is 4.67. The molecule has 0 saturated heterocycles. The standard InChI is InChI=1S/C13H16F3N3O/c1-18-6-7-19(11-5-3-2-4-10(11)18)12(20)8-17-9-13(14,15)16/h2-5,17H,6-9H2,1H3. The van der Waals surface area contributed by atoms with Gasteiger partial charge in [-0.05, 0) is 12.1 Å². The summed E-state index contributed by atoms with van der Waals surface area (Å²) in [6, 6.07) is 7.36. The molecular formula is C13H16F3N3O. The van der Waals surface area contributed by atoms with Crippen LogP contribution in [0.25, 0.3) is 0 Å². The van der Waals surface area contributed by atoms with Gasteiger partial charge in [-0.1, -0.05) is 12.1 Å². The Hall–Kier alpha value is -1.76. The van der Waals surface area contributed by atoms with E-state index in [1.54, 1.807) is 12.1 Å². The number of carbonyl (C=O) groups is 1. The minimum atomic E-state index is -4.31. The Morgan fingerprint density at radius 2 is 1.90 bits per heavy atom. The van der Waals surface area contributed by atoms with Gasteiger partial charge in [-0.15, -0.1) is 0 Å². The first kappa shape index (κ1) is 14.6. The monoisotopic (exact) mass is 287 g/mol. The minimum Gasteiger partial charge on any atom is -0.371 e. The van der Waals surface area contributed by atoms with Crippen molar-refractivity contribution in [2.24, 2.45) is 0 Å². The average molecular weight is 287 g/mol. The number of halogens is 3. The van der Waals surface area contributed by atoms with Gasteiger partial charge in [-0.2, -0.15) is 13.2 Å². The van der Waals surface area contributed by atoms with Crippen LogP contribution in [0.1, 0.15) is 0 Å². The van der Waals surface area contributed by atoms with E-state index >= 15 is 0 Å². The normalized spacial score (nSPS) is 15.2. The Balaban J connectivity index is 2.03. The molecule has 0 fully saturated rings. The number of rotatable bonds is 3. The lowest BCUT2D eigenvalue weighted by molar-refractivity contribution is -0.127. The molecule has 0 saturated carbocycles. The van der Waals surface area contributed by atoms with Crippen LogP contribution in [0.3, 0.4) is 0 Å². The van der Waals surface area contributed by atoms with Crippen LogP contribution in [0.2, 0.25) is 0 Å². The van der Waals surface area contributed by atoms with Crippen molar-refractivity contribution in [3.8, 4) is 0 Å². The van der Waals surface area contributed by atoms with E-state index in [-0.39, 0.29) is 12.5 Å². The lowest BCUT2D eigenvalue weighted by atomic mass is 10.1. The SMILES string of the molecule is CN1CCN(C(=O)CNCC(F)(F)F)c2ccccc21. The molecule has 20 heavy (non-hydrogen) atoms. The largest absolute Gasteiger partial charge is 0.401 e. The number of nitrogens with one attached hydrogen (secondary N) is 1. The first-order valence-corrected chi connectivity index (χ1v) is 6.26. The molecule has 1 heterocycles. The zero-order chi connectivity index (χ0) is 14.8. The molecule has 1 amide bonds. The topological polar surface area (TPSA) is 35.6 Å². The fourth-order valence-corrected chi connectivity index (χ4v) is 2.17. The van der Waals surface area contributed by atoms with E-state index in [1.807, 2.05) is 24.1 Å². The Morgan fingerprint density at radius 1 is 1.25 bits per heavy atom. The predicted octanol–water partition coefficient (Wildman–Crippen LogP) is 1.62. The lowest BCUT2D eigenvalue weighted by Crippen LogP contribution is -2.46. The maximum atomic E-state index is 12.0. The van der Waals surface area contributed by atoms with Gasteiger partial charge in [0.2, 0.25) is 5.91 Å². The molecule has 0 radical (unpaired) electrons. The van der Waals surface area contributed by atoms with Gasteiger partial charge in [0, 0.05) is 20.1 Å². The van der Waals surface area contributed by atoms with Gasteiger partial charge < -0.3 is 15.1 Å². The molecule has 0 atom stereocenters. The Labute approximate surface area is 115 Å². The van der Waals surface area contributed by atoms with Crippen LogP contribution in [0.4, 0.5) is 24.5 Å².